The van der Waals surface area contributed by atoms with E-state index in [1.54, 1.807) is 0 Å². The highest BCUT2D eigenvalue weighted by atomic mass is 19.4. The van der Waals surface area contributed by atoms with Crippen molar-refractivity contribution in [2.45, 2.75) is 25.1 Å². The maximum absolute atomic E-state index is 13.2. The van der Waals surface area contributed by atoms with Gasteiger partial charge in [-0.2, -0.15) is 13.2 Å². The molecule has 144 valence electrons. The van der Waals surface area contributed by atoms with Gasteiger partial charge in [-0.3, -0.25) is 9.59 Å². The second-order valence-electron chi connectivity index (χ2n) is 5.84. The quantitative estimate of drug-likeness (QED) is 0.750. The Balaban J connectivity index is 2.15. The van der Waals surface area contributed by atoms with Crippen molar-refractivity contribution in [3.05, 3.63) is 70.8 Å². The Morgan fingerprint density at radius 1 is 1.04 bits per heavy atom. The Morgan fingerprint density at radius 2 is 1.63 bits per heavy atom. The smallest absolute Gasteiger partial charge is 0.368 e. The third-order valence-corrected chi connectivity index (χ3v) is 3.71. The number of nitrogens with one attached hydrogen (secondary N) is 1. The summed E-state index contributed by atoms with van der Waals surface area (Å²) in [5.41, 5.74) is 4.02. The standard InChI is InChI=1S/C18H15F5N2O2/c19-12-5-10(6-13(20)9-12)7-16(26)25-15(17(24)27)8-11-3-1-2-4-14(11)18(21,22)23/h1-6,9,15H,7-8H2,(H2,24,27)(H,25,26)/t15-/m1/s1. The van der Waals surface area contributed by atoms with E-state index >= 15 is 0 Å². The second kappa shape index (κ2) is 8.15. The first-order valence-electron chi connectivity index (χ1n) is 7.75. The zero-order valence-corrected chi connectivity index (χ0v) is 13.8. The van der Waals surface area contributed by atoms with E-state index in [1.807, 2.05) is 0 Å². The van der Waals surface area contributed by atoms with Crippen LogP contribution in [0.15, 0.2) is 42.5 Å². The molecule has 2 amide bonds. The molecule has 0 spiro atoms. The number of nitrogens with two attached hydrogens (primary N) is 1. The van der Waals surface area contributed by atoms with E-state index in [9.17, 15) is 31.5 Å². The van der Waals surface area contributed by atoms with Crippen LogP contribution in [0.4, 0.5) is 22.0 Å². The zero-order valence-electron chi connectivity index (χ0n) is 13.8. The van der Waals surface area contributed by atoms with E-state index < -0.39 is 54.1 Å². The van der Waals surface area contributed by atoms with Gasteiger partial charge in [0, 0.05) is 12.5 Å². The number of halogens is 5. The Labute approximate surface area is 151 Å². The van der Waals surface area contributed by atoms with E-state index in [-0.39, 0.29) is 11.1 Å². The first-order valence-corrected chi connectivity index (χ1v) is 7.75. The van der Waals surface area contributed by atoms with Gasteiger partial charge >= 0.3 is 6.18 Å². The number of amides is 2. The summed E-state index contributed by atoms with van der Waals surface area (Å²) in [7, 11) is 0. The van der Waals surface area contributed by atoms with Crippen molar-refractivity contribution in [1.82, 2.24) is 5.32 Å². The van der Waals surface area contributed by atoms with Gasteiger partial charge in [-0.15, -0.1) is 0 Å². The van der Waals surface area contributed by atoms with Crippen molar-refractivity contribution in [3.63, 3.8) is 0 Å². The van der Waals surface area contributed by atoms with Crippen molar-refractivity contribution >= 4 is 11.8 Å². The SMILES string of the molecule is NC(=O)[C@@H](Cc1ccccc1C(F)(F)F)NC(=O)Cc1cc(F)cc(F)c1. The van der Waals surface area contributed by atoms with Crippen LogP contribution in [0.5, 0.6) is 0 Å². The highest BCUT2D eigenvalue weighted by Crippen LogP contribution is 2.32. The monoisotopic (exact) mass is 386 g/mol. The highest BCUT2D eigenvalue weighted by Gasteiger charge is 2.34. The lowest BCUT2D eigenvalue weighted by Gasteiger charge is -2.18. The van der Waals surface area contributed by atoms with Crippen LogP contribution < -0.4 is 11.1 Å². The topological polar surface area (TPSA) is 72.2 Å². The molecule has 0 saturated heterocycles. The molecule has 0 radical (unpaired) electrons. The molecule has 0 aliphatic heterocycles. The van der Waals surface area contributed by atoms with E-state index in [1.165, 1.54) is 18.2 Å². The van der Waals surface area contributed by atoms with Gasteiger partial charge in [0.1, 0.15) is 17.7 Å². The molecular formula is C18H15F5N2O2. The first kappa shape index (κ1) is 20.3. The van der Waals surface area contributed by atoms with Crippen LogP contribution >= 0.6 is 0 Å². The van der Waals surface area contributed by atoms with Gasteiger partial charge in [-0.05, 0) is 29.3 Å². The van der Waals surface area contributed by atoms with Crippen molar-refractivity contribution < 1.29 is 31.5 Å². The number of hydrogen-bond acceptors (Lipinski definition) is 2. The van der Waals surface area contributed by atoms with Crippen molar-refractivity contribution in [1.29, 1.82) is 0 Å². The Kier molecular flexibility index (Phi) is 6.14. The molecule has 0 aliphatic carbocycles. The van der Waals surface area contributed by atoms with Crippen molar-refractivity contribution in [3.8, 4) is 0 Å². The van der Waals surface area contributed by atoms with Crippen LogP contribution in [0.25, 0.3) is 0 Å². The van der Waals surface area contributed by atoms with Crippen molar-refractivity contribution in [2.24, 2.45) is 5.73 Å². The Bertz CT molecular complexity index is 832. The minimum Gasteiger partial charge on any atom is -0.368 e. The fourth-order valence-corrected chi connectivity index (χ4v) is 2.56. The zero-order chi connectivity index (χ0) is 20.2. The fourth-order valence-electron chi connectivity index (χ4n) is 2.56. The molecule has 2 rings (SSSR count). The predicted octanol–water partition coefficient (Wildman–Crippen LogP) is 2.74. The predicted molar refractivity (Wildman–Crippen MR) is 86.3 cm³/mol. The van der Waals surface area contributed by atoms with E-state index in [4.69, 9.17) is 5.73 Å². The number of hydrogen-bond donors (Lipinski definition) is 2. The van der Waals surface area contributed by atoms with Gasteiger partial charge in [0.25, 0.3) is 0 Å². The number of benzene rings is 2. The van der Waals surface area contributed by atoms with Crippen LogP contribution in [0.2, 0.25) is 0 Å². The Morgan fingerprint density at radius 3 is 2.19 bits per heavy atom. The van der Waals surface area contributed by atoms with Gasteiger partial charge in [0.2, 0.25) is 11.8 Å². The summed E-state index contributed by atoms with van der Waals surface area (Å²) in [6.07, 6.45) is -5.59. The van der Waals surface area contributed by atoms with Gasteiger partial charge in [-0.1, -0.05) is 18.2 Å². The summed E-state index contributed by atoms with van der Waals surface area (Å²) in [6.45, 7) is 0. The fraction of sp³-hybridized carbons (Fsp3) is 0.222. The van der Waals surface area contributed by atoms with Crippen LogP contribution in [0.3, 0.4) is 0 Å². The first-order chi connectivity index (χ1) is 12.6. The maximum atomic E-state index is 13.2. The molecule has 0 aliphatic rings. The lowest BCUT2D eigenvalue weighted by molar-refractivity contribution is -0.138. The molecule has 0 aromatic heterocycles. The number of rotatable bonds is 6. The third kappa shape index (κ3) is 5.77. The van der Waals surface area contributed by atoms with Gasteiger partial charge in [0.05, 0.1) is 12.0 Å². The summed E-state index contributed by atoms with van der Waals surface area (Å²) < 4.78 is 65.5. The molecule has 2 aromatic rings. The van der Waals surface area contributed by atoms with Crippen LogP contribution in [0, 0.1) is 11.6 Å². The minimum absolute atomic E-state index is 0.00362. The average Bonchev–Trinajstić information content (AvgIpc) is 2.52. The van der Waals surface area contributed by atoms with Crippen LogP contribution in [0.1, 0.15) is 16.7 Å². The van der Waals surface area contributed by atoms with Crippen LogP contribution in [-0.4, -0.2) is 17.9 Å². The maximum Gasteiger partial charge on any atom is 0.416 e. The lowest BCUT2D eigenvalue weighted by Crippen LogP contribution is -2.46. The summed E-state index contributed by atoms with van der Waals surface area (Å²) in [4.78, 5) is 23.6. The normalized spacial score (nSPS) is 12.5. The van der Waals surface area contributed by atoms with Crippen LogP contribution in [-0.2, 0) is 28.6 Å². The molecule has 0 unspecified atom stereocenters. The number of alkyl halides is 3. The van der Waals surface area contributed by atoms with Crippen molar-refractivity contribution in [2.75, 3.05) is 0 Å². The molecule has 4 nitrogen and oxygen atoms in total. The van der Waals surface area contributed by atoms with E-state index in [0.29, 0.717) is 6.07 Å². The highest BCUT2D eigenvalue weighted by molar-refractivity contribution is 5.87. The number of primary amides is 1. The van der Waals surface area contributed by atoms with Gasteiger partial charge in [-0.25, -0.2) is 8.78 Å². The molecule has 0 saturated carbocycles. The summed E-state index contributed by atoms with van der Waals surface area (Å²) in [5, 5.41) is 2.21. The molecule has 2 aromatic carbocycles. The second-order valence-corrected chi connectivity index (χ2v) is 5.84. The molecule has 1 atom stereocenters. The summed E-state index contributed by atoms with van der Waals surface area (Å²) >= 11 is 0. The third-order valence-electron chi connectivity index (χ3n) is 3.71. The molecule has 0 fully saturated rings. The largest absolute Gasteiger partial charge is 0.416 e. The van der Waals surface area contributed by atoms with E-state index in [2.05, 4.69) is 5.32 Å². The number of carbonyl (C=O) groups excluding carboxylic acids is 2. The summed E-state index contributed by atoms with van der Waals surface area (Å²) in [5.74, 6) is -3.62. The molecule has 27 heavy (non-hydrogen) atoms. The molecular weight excluding hydrogens is 371 g/mol. The average molecular weight is 386 g/mol. The molecule has 0 bridgehead atoms. The molecule has 0 heterocycles. The molecule has 9 heteroatoms. The summed E-state index contributed by atoms with van der Waals surface area (Å²) in [6, 6.07) is 5.66. The van der Waals surface area contributed by atoms with E-state index in [0.717, 1.165) is 18.2 Å². The van der Waals surface area contributed by atoms with Gasteiger partial charge in [0.15, 0.2) is 0 Å². The minimum atomic E-state index is -4.64. The van der Waals surface area contributed by atoms with Gasteiger partial charge < -0.3 is 11.1 Å². The Hall–Kier alpha value is -2.97. The number of carbonyl (C=O) groups is 2. The lowest BCUT2D eigenvalue weighted by atomic mass is 9.99. The molecule has 3 N–H and O–H groups in total.